The predicted octanol–water partition coefficient (Wildman–Crippen LogP) is 2.69. The highest BCUT2D eigenvalue weighted by molar-refractivity contribution is 6.05. The van der Waals surface area contributed by atoms with Crippen molar-refractivity contribution in [3.8, 4) is 0 Å². The molecule has 3 aliphatic heterocycles. The molecule has 0 aliphatic carbocycles. The van der Waals surface area contributed by atoms with E-state index in [9.17, 15) is 23.2 Å². The van der Waals surface area contributed by atoms with Crippen molar-refractivity contribution in [2.45, 2.75) is 50.7 Å². The number of benzene rings is 2. The molecule has 178 valence electrons. The SMILES string of the molecule is Nc1ccc(F)cc1CN1CCC(c2cc(F)cc3c2CN(C2CCC(=O)NC2=O)C3=O)CC1. The van der Waals surface area contributed by atoms with Gasteiger partial charge in [0.15, 0.2) is 0 Å². The van der Waals surface area contributed by atoms with Crippen LogP contribution in [0.1, 0.15) is 58.6 Å². The van der Waals surface area contributed by atoms with E-state index in [1.807, 2.05) is 0 Å². The summed E-state index contributed by atoms with van der Waals surface area (Å²) in [5.41, 5.74) is 9.17. The lowest BCUT2D eigenvalue weighted by atomic mass is 9.85. The van der Waals surface area contributed by atoms with Gasteiger partial charge in [0, 0.05) is 30.8 Å². The number of amides is 3. The Morgan fingerprint density at radius 2 is 1.76 bits per heavy atom. The molecular formula is C25H26F2N4O3. The topological polar surface area (TPSA) is 95.7 Å². The van der Waals surface area contributed by atoms with Gasteiger partial charge in [-0.05, 0) is 85.3 Å². The molecule has 3 amide bonds. The first-order chi connectivity index (χ1) is 16.3. The number of nitrogens with zero attached hydrogens (tertiary/aromatic N) is 2. The molecule has 0 spiro atoms. The largest absolute Gasteiger partial charge is 0.398 e. The van der Waals surface area contributed by atoms with E-state index in [1.54, 1.807) is 6.07 Å². The third-order valence-electron chi connectivity index (χ3n) is 7.18. The second-order valence-electron chi connectivity index (χ2n) is 9.31. The third kappa shape index (κ3) is 4.16. The predicted molar refractivity (Wildman–Crippen MR) is 121 cm³/mol. The maximum Gasteiger partial charge on any atom is 0.255 e. The first-order valence-corrected chi connectivity index (χ1v) is 11.5. The highest BCUT2D eigenvalue weighted by Gasteiger charge is 2.41. The molecule has 2 saturated heterocycles. The summed E-state index contributed by atoms with van der Waals surface area (Å²) in [6.45, 7) is 2.24. The molecule has 3 heterocycles. The number of rotatable bonds is 4. The molecule has 1 atom stereocenters. The average molecular weight is 469 g/mol. The first kappa shape index (κ1) is 22.5. The summed E-state index contributed by atoms with van der Waals surface area (Å²) in [6.07, 6.45) is 1.96. The van der Waals surface area contributed by atoms with Gasteiger partial charge in [-0.3, -0.25) is 24.6 Å². The number of nitrogens with one attached hydrogen (secondary N) is 1. The molecule has 0 saturated carbocycles. The molecule has 9 heteroatoms. The van der Waals surface area contributed by atoms with Crippen molar-refractivity contribution in [3.05, 3.63) is 64.2 Å². The Kier molecular flexibility index (Phi) is 5.81. The number of anilines is 1. The molecule has 1 unspecified atom stereocenters. The monoisotopic (exact) mass is 468 g/mol. The van der Waals surface area contributed by atoms with E-state index in [0.717, 1.165) is 42.6 Å². The van der Waals surface area contributed by atoms with Gasteiger partial charge in [-0.2, -0.15) is 0 Å². The summed E-state index contributed by atoms with van der Waals surface area (Å²) < 4.78 is 28.1. The van der Waals surface area contributed by atoms with E-state index < -0.39 is 17.8 Å². The molecule has 34 heavy (non-hydrogen) atoms. The van der Waals surface area contributed by atoms with Crippen molar-refractivity contribution < 1.29 is 23.2 Å². The van der Waals surface area contributed by atoms with Gasteiger partial charge in [0.25, 0.3) is 5.91 Å². The van der Waals surface area contributed by atoms with E-state index in [0.29, 0.717) is 17.8 Å². The summed E-state index contributed by atoms with van der Waals surface area (Å²) in [5.74, 6) is -1.92. The molecule has 5 rings (SSSR count). The van der Waals surface area contributed by atoms with Gasteiger partial charge in [-0.15, -0.1) is 0 Å². The highest BCUT2D eigenvalue weighted by Crippen LogP contribution is 2.38. The highest BCUT2D eigenvalue weighted by atomic mass is 19.1. The van der Waals surface area contributed by atoms with Crippen LogP contribution in [-0.2, 0) is 22.7 Å². The Hall–Kier alpha value is -3.33. The van der Waals surface area contributed by atoms with Crippen molar-refractivity contribution in [2.75, 3.05) is 18.8 Å². The minimum atomic E-state index is -0.730. The van der Waals surface area contributed by atoms with Crippen LogP contribution < -0.4 is 11.1 Å². The first-order valence-electron chi connectivity index (χ1n) is 11.5. The molecule has 2 aromatic carbocycles. The second kappa shape index (κ2) is 8.79. The van der Waals surface area contributed by atoms with Gasteiger partial charge in [0.05, 0.1) is 0 Å². The zero-order valence-corrected chi connectivity index (χ0v) is 18.7. The average Bonchev–Trinajstić information content (AvgIpc) is 3.12. The van der Waals surface area contributed by atoms with E-state index in [4.69, 9.17) is 5.73 Å². The Labute approximate surface area is 195 Å². The number of likely N-dealkylation sites (tertiary alicyclic amines) is 1. The zero-order valence-electron chi connectivity index (χ0n) is 18.7. The van der Waals surface area contributed by atoms with E-state index >= 15 is 0 Å². The van der Waals surface area contributed by atoms with Crippen LogP contribution in [0, 0.1) is 11.6 Å². The molecule has 2 aromatic rings. The maximum atomic E-state index is 14.5. The second-order valence-corrected chi connectivity index (χ2v) is 9.31. The zero-order chi connectivity index (χ0) is 24.0. The molecule has 3 N–H and O–H groups in total. The van der Waals surface area contributed by atoms with Gasteiger partial charge in [-0.1, -0.05) is 0 Å². The summed E-state index contributed by atoms with van der Waals surface area (Å²) in [4.78, 5) is 40.6. The minimum Gasteiger partial charge on any atom is -0.398 e. The van der Waals surface area contributed by atoms with Crippen LogP contribution in [0.5, 0.6) is 0 Å². The molecular weight excluding hydrogens is 442 g/mol. The minimum absolute atomic E-state index is 0.0695. The quantitative estimate of drug-likeness (QED) is 0.532. The van der Waals surface area contributed by atoms with Crippen LogP contribution in [-0.4, -0.2) is 46.7 Å². The number of carbonyl (C=O) groups is 3. The number of nitrogen functional groups attached to an aromatic ring is 1. The van der Waals surface area contributed by atoms with Crippen molar-refractivity contribution in [1.29, 1.82) is 0 Å². The summed E-state index contributed by atoms with van der Waals surface area (Å²) in [5, 5.41) is 2.29. The standard InChI is InChI=1S/C25H26F2N4O3/c26-16-1-2-21(28)15(9-16)12-30-7-5-14(6-8-30)18-10-17(27)11-19-20(18)13-31(25(19)34)22-3-4-23(32)29-24(22)33/h1-2,9-11,14,22H,3-8,12-13,28H2,(H,29,32,33). The van der Waals surface area contributed by atoms with E-state index in [2.05, 4.69) is 10.2 Å². The smallest absolute Gasteiger partial charge is 0.255 e. The number of hydrogen-bond acceptors (Lipinski definition) is 5. The molecule has 2 fully saturated rings. The number of hydrogen-bond donors (Lipinski definition) is 2. The van der Waals surface area contributed by atoms with Gasteiger partial charge < -0.3 is 10.6 Å². The van der Waals surface area contributed by atoms with Crippen LogP contribution >= 0.6 is 0 Å². The summed E-state index contributed by atoms with van der Waals surface area (Å²) >= 11 is 0. The summed E-state index contributed by atoms with van der Waals surface area (Å²) in [6, 6.07) is 6.39. The van der Waals surface area contributed by atoms with Crippen LogP contribution in [0.4, 0.5) is 14.5 Å². The van der Waals surface area contributed by atoms with Crippen molar-refractivity contribution >= 4 is 23.4 Å². The lowest BCUT2D eigenvalue weighted by Crippen LogP contribution is -2.52. The fourth-order valence-electron chi connectivity index (χ4n) is 5.37. The maximum absolute atomic E-state index is 14.5. The lowest BCUT2D eigenvalue weighted by molar-refractivity contribution is -0.136. The van der Waals surface area contributed by atoms with Crippen LogP contribution in [0.3, 0.4) is 0 Å². The fourth-order valence-corrected chi connectivity index (χ4v) is 5.37. The molecule has 0 aromatic heterocycles. The van der Waals surface area contributed by atoms with Crippen molar-refractivity contribution in [2.24, 2.45) is 0 Å². The Morgan fingerprint density at radius 1 is 1.00 bits per heavy atom. The lowest BCUT2D eigenvalue weighted by Gasteiger charge is -2.33. The molecule has 0 bridgehead atoms. The fraction of sp³-hybridized carbons (Fsp3) is 0.400. The number of imide groups is 1. The molecule has 0 radical (unpaired) electrons. The van der Waals surface area contributed by atoms with Gasteiger partial charge in [0.2, 0.25) is 11.8 Å². The number of carbonyl (C=O) groups excluding carboxylic acids is 3. The van der Waals surface area contributed by atoms with Gasteiger partial charge in [-0.25, -0.2) is 8.78 Å². The van der Waals surface area contributed by atoms with Crippen LogP contribution in [0.25, 0.3) is 0 Å². The van der Waals surface area contributed by atoms with E-state index in [-0.39, 0.29) is 42.9 Å². The van der Waals surface area contributed by atoms with Crippen molar-refractivity contribution in [3.63, 3.8) is 0 Å². The van der Waals surface area contributed by atoms with Crippen LogP contribution in [0.15, 0.2) is 30.3 Å². The summed E-state index contributed by atoms with van der Waals surface area (Å²) in [7, 11) is 0. The normalized spacial score (nSPS) is 21.6. The number of nitrogens with two attached hydrogens (primary N) is 1. The number of halogens is 2. The van der Waals surface area contributed by atoms with Crippen molar-refractivity contribution in [1.82, 2.24) is 15.1 Å². The van der Waals surface area contributed by atoms with Gasteiger partial charge >= 0.3 is 0 Å². The van der Waals surface area contributed by atoms with E-state index in [1.165, 1.54) is 29.2 Å². The molecule has 7 nitrogen and oxygen atoms in total. The Morgan fingerprint density at radius 3 is 2.50 bits per heavy atom. The third-order valence-corrected chi connectivity index (χ3v) is 7.18. The molecule has 3 aliphatic rings. The van der Waals surface area contributed by atoms with Crippen LogP contribution in [0.2, 0.25) is 0 Å². The number of fused-ring (bicyclic) bond motifs is 1. The Bertz CT molecular complexity index is 1180. The van der Waals surface area contributed by atoms with Gasteiger partial charge in [0.1, 0.15) is 17.7 Å². The number of piperidine rings is 2. The Balaban J connectivity index is 1.32.